The van der Waals surface area contributed by atoms with Crippen LogP contribution in [0.3, 0.4) is 0 Å². The van der Waals surface area contributed by atoms with E-state index in [1.807, 2.05) is 35.1 Å². The molecular weight excluding hydrogens is 212 g/mol. The highest BCUT2D eigenvalue weighted by Crippen LogP contribution is 2.22. The Morgan fingerprint density at radius 1 is 1.12 bits per heavy atom. The van der Waals surface area contributed by atoms with Crippen LogP contribution in [0.5, 0.6) is 0 Å². The first-order valence-corrected chi connectivity index (χ1v) is 5.99. The summed E-state index contributed by atoms with van der Waals surface area (Å²) in [6.45, 7) is 2.27. The Bertz CT molecular complexity index is 512. The highest BCUT2D eigenvalue weighted by atomic mass is 15.3. The maximum Gasteiger partial charge on any atom is 0.0875 e. The SMILES string of the molecule is Nc1ccccc1-n1cc(N2CCCC2)cn1. The molecule has 3 rings (SSSR count). The molecule has 0 atom stereocenters. The fraction of sp³-hybridized carbons (Fsp3) is 0.308. The zero-order chi connectivity index (χ0) is 11.7. The van der Waals surface area contributed by atoms with Gasteiger partial charge < -0.3 is 10.6 Å². The van der Waals surface area contributed by atoms with Gasteiger partial charge >= 0.3 is 0 Å². The van der Waals surface area contributed by atoms with Crippen molar-refractivity contribution in [3.05, 3.63) is 36.7 Å². The monoisotopic (exact) mass is 228 g/mol. The minimum atomic E-state index is 0.753. The van der Waals surface area contributed by atoms with Gasteiger partial charge in [0.2, 0.25) is 0 Å². The number of benzene rings is 1. The summed E-state index contributed by atoms with van der Waals surface area (Å²) in [7, 11) is 0. The first-order valence-electron chi connectivity index (χ1n) is 5.99. The molecule has 17 heavy (non-hydrogen) atoms. The van der Waals surface area contributed by atoms with Crippen LogP contribution in [-0.2, 0) is 0 Å². The summed E-state index contributed by atoms with van der Waals surface area (Å²) in [6.07, 6.45) is 6.52. The second-order valence-corrected chi connectivity index (χ2v) is 4.40. The molecule has 0 spiro atoms. The van der Waals surface area contributed by atoms with E-state index in [1.165, 1.54) is 18.5 Å². The van der Waals surface area contributed by atoms with Crippen molar-refractivity contribution in [2.24, 2.45) is 0 Å². The molecule has 2 N–H and O–H groups in total. The van der Waals surface area contributed by atoms with E-state index in [2.05, 4.69) is 16.2 Å². The lowest BCUT2D eigenvalue weighted by molar-refractivity contribution is 0.882. The van der Waals surface area contributed by atoms with Gasteiger partial charge in [0, 0.05) is 13.1 Å². The Morgan fingerprint density at radius 3 is 2.65 bits per heavy atom. The van der Waals surface area contributed by atoms with Crippen LogP contribution in [0.1, 0.15) is 12.8 Å². The molecule has 0 aliphatic carbocycles. The largest absolute Gasteiger partial charge is 0.397 e. The summed E-state index contributed by atoms with van der Waals surface area (Å²) >= 11 is 0. The number of nitrogen functional groups attached to an aromatic ring is 1. The van der Waals surface area contributed by atoms with Crippen LogP contribution in [0.2, 0.25) is 0 Å². The molecule has 1 saturated heterocycles. The van der Waals surface area contributed by atoms with Crippen molar-refractivity contribution in [1.82, 2.24) is 9.78 Å². The van der Waals surface area contributed by atoms with Crippen molar-refractivity contribution in [3.8, 4) is 5.69 Å². The van der Waals surface area contributed by atoms with Crippen LogP contribution in [0.25, 0.3) is 5.69 Å². The number of hydrogen-bond donors (Lipinski definition) is 1. The van der Waals surface area contributed by atoms with Gasteiger partial charge in [-0.2, -0.15) is 5.10 Å². The molecule has 1 aromatic carbocycles. The second kappa shape index (κ2) is 4.13. The summed E-state index contributed by atoms with van der Waals surface area (Å²) in [6, 6.07) is 7.79. The topological polar surface area (TPSA) is 47.1 Å². The zero-order valence-corrected chi connectivity index (χ0v) is 9.71. The standard InChI is InChI=1S/C13H16N4/c14-12-5-1-2-6-13(12)17-10-11(9-15-17)16-7-3-4-8-16/h1-2,5-6,9-10H,3-4,7-8,14H2. The normalized spacial score (nSPS) is 15.4. The molecule has 0 amide bonds. The zero-order valence-electron chi connectivity index (χ0n) is 9.71. The summed E-state index contributed by atoms with van der Waals surface area (Å²) < 4.78 is 1.85. The molecule has 2 heterocycles. The van der Waals surface area contributed by atoms with Crippen LogP contribution >= 0.6 is 0 Å². The number of anilines is 2. The van der Waals surface area contributed by atoms with Crippen LogP contribution < -0.4 is 10.6 Å². The summed E-state index contributed by atoms with van der Waals surface area (Å²) in [4.78, 5) is 2.36. The molecule has 0 radical (unpaired) electrons. The van der Waals surface area contributed by atoms with Gasteiger partial charge in [-0.15, -0.1) is 0 Å². The van der Waals surface area contributed by atoms with Gasteiger partial charge in [-0.05, 0) is 25.0 Å². The molecular formula is C13H16N4. The maximum absolute atomic E-state index is 5.94. The predicted octanol–water partition coefficient (Wildman–Crippen LogP) is 2.05. The van der Waals surface area contributed by atoms with Gasteiger partial charge in [0.15, 0.2) is 0 Å². The minimum Gasteiger partial charge on any atom is -0.397 e. The Balaban J connectivity index is 1.92. The van der Waals surface area contributed by atoms with Gasteiger partial charge in [-0.3, -0.25) is 0 Å². The van der Waals surface area contributed by atoms with E-state index in [9.17, 15) is 0 Å². The van der Waals surface area contributed by atoms with E-state index in [0.29, 0.717) is 0 Å². The van der Waals surface area contributed by atoms with Gasteiger partial charge in [-0.25, -0.2) is 4.68 Å². The third-order valence-corrected chi connectivity index (χ3v) is 3.22. The average molecular weight is 228 g/mol. The Hall–Kier alpha value is -1.97. The predicted molar refractivity (Wildman–Crippen MR) is 69.4 cm³/mol. The molecule has 0 saturated carbocycles. The fourth-order valence-electron chi connectivity index (χ4n) is 2.28. The number of nitrogens with zero attached hydrogens (tertiary/aromatic N) is 3. The molecule has 2 aromatic rings. The van der Waals surface area contributed by atoms with Gasteiger partial charge in [-0.1, -0.05) is 12.1 Å². The molecule has 88 valence electrons. The van der Waals surface area contributed by atoms with Gasteiger partial charge in [0.1, 0.15) is 0 Å². The number of aromatic nitrogens is 2. The van der Waals surface area contributed by atoms with Crippen molar-refractivity contribution in [2.45, 2.75) is 12.8 Å². The first kappa shape index (κ1) is 10.2. The van der Waals surface area contributed by atoms with Gasteiger partial charge in [0.25, 0.3) is 0 Å². The molecule has 4 nitrogen and oxygen atoms in total. The van der Waals surface area contributed by atoms with Crippen molar-refractivity contribution in [2.75, 3.05) is 23.7 Å². The van der Waals surface area contributed by atoms with E-state index < -0.39 is 0 Å². The smallest absolute Gasteiger partial charge is 0.0875 e. The van der Waals surface area contributed by atoms with Crippen molar-refractivity contribution >= 4 is 11.4 Å². The molecule has 4 heteroatoms. The maximum atomic E-state index is 5.94. The summed E-state index contributed by atoms with van der Waals surface area (Å²) in [5.41, 5.74) is 8.82. The molecule has 0 unspecified atom stereocenters. The Labute approximate surface area is 101 Å². The highest BCUT2D eigenvalue weighted by molar-refractivity contribution is 5.58. The van der Waals surface area contributed by atoms with Crippen molar-refractivity contribution in [1.29, 1.82) is 0 Å². The van der Waals surface area contributed by atoms with E-state index in [1.54, 1.807) is 0 Å². The van der Waals surface area contributed by atoms with E-state index in [-0.39, 0.29) is 0 Å². The molecule has 1 aliphatic rings. The lowest BCUT2D eigenvalue weighted by atomic mass is 10.3. The third-order valence-electron chi connectivity index (χ3n) is 3.22. The second-order valence-electron chi connectivity index (χ2n) is 4.40. The van der Waals surface area contributed by atoms with Crippen LogP contribution in [-0.4, -0.2) is 22.9 Å². The van der Waals surface area contributed by atoms with Gasteiger partial charge in [0.05, 0.1) is 29.5 Å². The van der Waals surface area contributed by atoms with E-state index in [4.69, 9.17) is 5.73 Å². The van der Waals surface area contributed by atoms with Crippen LogP contribution in [0.15, 0.2) is 36.7 Å². The average Bonchev–Trinajstić information content (AvgIpc) is 3.00. The highest BCUT2D eigenvalue weighted by Gasteiger charge is 2.14. The molecule has 1 aromatic heterocycles. The minimum absolute atomic E-state index is 0.753. The number of para-hydroxylation sites is 2. The fourth-order valence-corrected chi connectivity index (χ4v) is 2.28. The lowest BCUT2D eigenvalue weighted by Crippen LogP contribution is -2.16. The summed E-state index contributed by atoms with van der Waals surface area (Å²) in [5.74, 6) is 0. The quantitative estimate of drug-likeness (QED) is 0.800. The first-order chi connectivity index (χ1) is 8.34. The Morgan fingerprint density at radius 2 is 1.88 bits per heavy atom. The third kappa shape index (κ3) is 1.86. The molecule has 1 aliphatic heterocycles. The lowest BCUT2D eigenvalue weighted by Gasteiger charge is -2.13. The molecule has 0 bridgehead atoms. The van der Waals surface area contributed by atoms with E-state index >= 15 is 0 Å². The molecule has 1 fully saturated rings. The van der Waals surface area contributed by atoms with Crippen LogP contribution in [0, 0.1) is 0 Å². The summed E-state index contributed by atoms with van der Waals surface area (Å²) in [5, 5.41) is 4.39. The number of nitrogens with two attached hydrogens (primary N) is 1. The number of hydrogen-bond acceptors (Lipinski definition) is 3. The van der Waals surface area contributed by atoms with Crippen molar-refractivity contribution in [3.63, 3.8) is 0 Å². The van der Waals surface area contributed by atoms with Crippen LogP contribution in [0.4, 0.5) is 11.4 Å². The van der Waals surface area contributed by atoms with Crippen molar-refractivity contribution < 1.29 is 0 Å². The van der Waals surface area contributed by atoms with E-state index in [0.717, 1.165) is 24.5 Å². The number of rotatable bonds is 2. The Kier molecular flexibility index (Phi) is 2.48.